The third-order valence-corrected chi connectivity index (χ3v) is 3.82. The number of rotatable bonds is 2. The highest BCUT2D eigenvalue weighted by atomic mass is 16.4. The molecule has 0 spiro atoms. The van der Waals surface area contributed by atoms with Crippen LogP contribution in [0.2, 0.25) is 0 Å². The average Bonchev–Trinajstić information content (AvgIpc) is 2.39. The lowest BCUT2D eigenvalue weighted by molar-refractivity contribution is -0.146. The average molecular weight is 244 g/mol. The Hall–Kier alpha value is -1.79. The van der Waals surface area contributed by atoms with E-state index in [-0.39, 0.29) is 0 Å². The van der Waals surface area contributed by atoms with Crippen LogP contribution in [0.4, 0.5) is 0 Å². The predicted molar refractivity (Wildman–Crippen MR) is 68.2 cm³/mol. The van der Waals surface area contributed by atoms with Gasteiger partial charge in [0, 0.05) is 5.56 Å². The third-order valence-electron chi connectivity index (χ3n) is 3.82. The Morgan fingerprint density at radius 2 is 1.94 bits per heavy atom. The highest BCUT2D eigenvalue weighted by molar-refractivity contribution is 5.82. The Labute approximate surface area is 106 Å². The van der Waals surface area contributed by atoms with Gasteiger partial charge in [-0.2, -0.15) is 0 Å². The molecule has 1 aliphatic carbocycles. The van der Waals surface area contributed by atoms with Crippen molar-refractivity contribution in [1.82, 2.24) is 0 Å². The van der Waals surface area contributed by atoms with Crippen molar-refractivity contribution in [2.24, 2.45) is 0 Å². The smallest absolute Gasteiger partial charge is 0.314 e. The van der Waals surface area contributed by atoms with Gasteiger partial charge >= 0.3 is 5.97 Å². The molecule has 1 saturated carbocycles. The van der Waals surface area contributed by atoms with E-state index in [1.165, 1.54) is 0 Å². The van der Waals surface area contributed by atoms with Crippen LogP contribution < -0.4 is 0 Å². The summed E-state index contributed by atoms with van der Waals surface area (Å²) in [6.45, 7) is 0. The molecule has 1 aliphatic rings. The monoisotopic (exact) mass is 244 g/mol. The summed E-state index contributed by atoms with van der Waals surface area (Å²) in [6.07, 6.45) is 6.93. The summed E-state index contributed by atoms with van der Waals surface area (Å²) in [5, 5.41) is 19.2. The number of terminal acetylenes is 1. The number of carboxylic acids is 1. The largest absolute Gasteiger partial charge is 0.481 e. The van der Waals surface area contributed by atoms with Crippen LogP contribution in [0.1, 0.15) is 36.8 Å². The molecule has 2 N–H and O–H groups in total. The molecule has 0 aromatic heterocycles. The fourth-order valence-corrected chi connectivity index (χ4v) is 2.72. The Bertz CT molecular complexity index is 491. The summed E-state index contributed by atoms with van der Waals surface area (Å²) >= 11 is 0. The minimum absolute atomic E-state index is 0.393. The van der Waals surface area contributed by atoms with Crippen molar-refractivity contribution in [1.29, 1.82) is 0 Å². The number of carbonyl (C=O) groups is 1. The van der Waals surface area contributed by atoms with E-state index in [1.807, 2.05) is 12.1 Å². The predicted octanol–water partition coefficient (Wildman–Crippen LogP) is 1.93. The second-order valence-electron chi connectivity index (χ2n) is 4.81. The molecule has 1 aromatic rings. The summed E-state index contributed by atoms with van der Waals surface area (Å²) in [4.78, 5) is 11.7. The first-order chi connectivity index (χ1) is 8.60. The first-order valence-electron chi connectivity index (χ1n) is 6.08. The van der Waals surface area contributed by atoms with Crippen LogP contribution in [-0.4, -0.2) is 22.3 Å². The Morgan fingerprint density at radius 3 is 2.50 bits per heavy atom. The number of aliphatic carboxylic acids is 1. The van der Waals surface area contributed by atoms with Gasteiger partial charge in [0.05, 0.1) is 11.5 Å². The Kier molecular flexibility index (Phi) is 3.40. The van der Waals surface area contributed by atoms with Crippen LogP contribution >= 0.6 is 0 Å². The van der Waals surface area contributed by atoms with E-state index in [0.29, 0.717) is 36.8 Å². The molecule has 2 rings (SSSR count). The van der Waals surface area contributed by atoms with E-state index in [4.69, 9.17) is 6.42 Å². The molecule has 0 radical (unpaired) electrons. The number of carboxylic acid groups (broad SMARTS) is 1. The van der Waals surface area contributed by atoms with Gasteiger partial charge < -0.3 is 10.2 Å². The van der Waals surface area contributed by atoms with Crippen molar-refractivity contribution in [2.75, 3.05) is 0 Å². The molecule has 1 aromatic carbocycles. The summed E-state index contributed by atoms with van der Waals surface area (Å²) in [6, 6.07) is 7.18. The van der Waals surface area contributed by atoms with E-state index < -0.39 is 17.5 Å². The zero-order valence-electron chi connectivity index (χ0n) is 10.1. The first kappa shape index (κ1) is 12.7. The molecule has 0 unspecified atom stereocenters. The van der Waals surface area contributed by atoms with Crippen molar-refractivity contribution in [3.63, 3.8) is 0 Å². The van der Waals surface area contributed by atoms with E-state index in [2.05, 4.69) is 5.92 Å². The van der Waals surface area contributed by atoms with Gasteiger partial charge in [0.15, 0.2) is 0 Å². The van der Waals surface area contributed by atoms with Crippen LogP contribution in [-0.2, 0) is 10.2 Å². The highest BCUT2D eigenvalue weighted by Crippen LogP contribution is 2.41. The molecule has 18 heavy (non-hydrogen) atoms. The standard InChI is InChI=1S/C15H16O3/c1-2-11-5-3-4-6-13(11)15(14(17)18)9-7-12(16)8-10-15/h1,3-6,12,16H,7-10H2,(H,17,18). The minimum Gasteiger partial charge on any atom is -0.481 e. The number of aliphatic hydroxyl groups excluding tert-OH is 1. The quantitative estimate of drug-likeness (QED) is 0.781. The summed E-state index contributed by atoms with van der Waals surface area (Å²) in [5.41, 5.74) is 0.394. The van der Waals surface area contributed by atoms with Gasteiger partial charge in [-0.3, -0.25) is 4.79 Å². The molecule has 94 valence electrons. The van der Waals surface area contributed by atoms with E-state index in [1.54, 1.807) is 12.1 Å². The molecule has 0 aliphatic heterocycles. The maximum atomic E-state index is 11.7. The molecule has 1 fully saturated rings. The second kappa shape index (κ2) is 4.83. The molecule has 0 heterocycles. The minimum atomic E-state index is -0.942. The number of hydrogen-bond acceptors (Lipinski definition) is 2. The van der Waals surface area contributed by atoms with Gasteiger partial charge in [0.1, 0.15) is 0 Å². The fourth-order valence-electron chi connectivity index (χ4n) is 2.72. The van der Waals surface area contributed by atoms with E-state index in [9.17, 15) is 15.0 Å². The SMILES string of the molecule is C#Cc1ccccc1C1(C(=O)O)CCC(O)CC1. The first-order valence-corrected chi connectivity index (χ1v) is 6.08. The van der Waals surface area contributed by atoms with Gasteiger partial charge in [0.2, 0.25) is 0 Å². The summed E-state index contributed by atoms with van der Waals surface area (Å²) < 4.78 is 0. The zero-order chi connectivity index (χ0) is 13.2. The van der Waals surface area contributed by atoms with Crippen molar-refractivity contribution in [3.8, 4) is 12.3 Å². The normalized spacial score (nSPS) is 27.4. The van der Waals surface area contributed by atoms with E-state index >= 15 is 0 Å². The molecule has 0 amide bonds. The van der Waals surface area contributed by atoms with Crippen molar-refractivity contribution in [2.45, 2.75) is 37.2 Å². The molecular weight excluding hydrogens is 228 g/mol. The van der Waals surface area contributed by atoms with Gasteiger partial charge in [-0.25, -0.2) is 0 Å². The highest BCUT2D eigenvalue weighted by Gasteiger charge is 2.44. The molecule has 0 saturated heterocycles. The van der Waals surface area contributed by atoms with Crippen LogP contribution in [0, 0.1) is 12.3 Å². The number of benzene rings is 1. The molecule has 0 atom stereocenters. The topological polar surface area (TPSA) is 57.5 Å². The van der Waals surface area contributed by atoms with Crippen molar-refractivity contribution < 1.29 is 15.0 Å². The summed E-state index contributed by atoms with van der Waals surface area (Å²) in [5.74, 6) is 1.71. The maximum Gasteiger partial charge on any atom is 0.314 e. The molecule has 0 bridgehead atoms. The Morgan fingerprint density at radius 1 is 1.33 bits per heavy atom. The lowest BCUT2D eigenvalue weighted by Crippen LogP contribution is -2.41. The lowest BCUT2D eigenvalue weighted by Gasteiger charge is -2.36. The van der Waals surface area contributed by atoms with Crippen molar-refractivity contribution >= 4 is 5.97 Å². The molecule has 3 nitrogen and oxygen atoms in total. The second-order valence-corrected chi connectivity index (χ2v) is 4.81. The molecular formula is C15H16O3. The van der Waals surface area contributed by atoms with E-state index in [0.717, 1.165) is 0 Å². The Balaban J connectivity index is 2.49. The molecule has 3 heteroatoms. The van der Waals surface area contributed by atoms with Gasteiger partial charge in [0.25, 0.3) is 0 Å². The van der Waals surface area contributed by atoms with Crippen LogP contribution in [0.15, 0.2) is 24.3 Å². The number of aliphatic hydroxyl groups is 1. The van der Waals surface area contributed by atoms with Gasteiger partial charge in [-0.05, 0) is 37.3 Å². The van der Waals surface area contributed by atoms with Crippen LogP contribution in [0.5, 0.6) is 0 Å². The summed E-state index contributed by atoms with van der Waals surface area (Å²) in [7, 11) is 0. The number of hydrogen-bond donors (Lipinski definition) is 2. The fraction of sp³-hybridized carbons (Fsp3) is 0.400. The third kappa shape index (κ3) is 2.00. The maximum absolute atomic E-state index is 11.7. The van der Waals surface area contributed by atoms with Crippen molar-refractivity contribution in [3.05, 3.63) is 35.4 Å². The van der Waals surface area contributed by atoms with Crippen LogP contribution in [0.3, 0.4) is 0 Å². The van der Waals surface area contributed by atoms with Gasteiger partial charge in [-0.15, -0.1) is 6.42 Å². The van der Waals surface area contributed by atoms with Crippen LogP contribution in [0.25, 0.3) is 0 Å². The van der Waals surface area contributed by atoms with Gasteiger partial charge in [-0.1, -0.05) is 24.1 Å². The zero-order valence-corrected chi connectivity index (χ0v) is 10.1. The lowest BCUT2D eigenvalue weighted by atomic mass is 9.67.